The molecular weight excluding hydrogens is 358 g/mol. The van der Waals surface area contributed by atoms with Crippen LogP contribution in [0.15, 0.2) is 59.7 Å². The Kier molecular flexibility index (Phi) is 8.52. The molecule has 148 valence electrons. The van der Waals surface area contributed by atoms with Crippen molar-refractivity contribution in [3.05, 3.63) is 65.7 Å². The molecule has 0 fully saturated rings. The molecule has 0 saturated heterocycles. The lowest BCUT2D eigenvalue weighted by atomic mass is 10.0. The van der Waals surface area contributed by atoms with E-state index < -0.39 is 12.1 Å². The summed E-state index contributed by atoms with van der Waals surface area (Å²) in [6.07, 6.45) is 1.01. The summed E-state index contributed by atoms with van der Waals surface area (Å²) in [5.74, 6) is 0.451. The van der Waals surface area contributed by atoms with Gasteiger partial charge in [0.05, 0.1) is 31.9 Å². The minimum atomic E-state index is -0.568. The van der Waals surface area contributed by atoms with E-state index in [9.17, 15) is 9.59 Å². The van der Waals surface area contributed by atoms with Crippen LogP contribution in [0.1, 0.15) is 37.4 Å². The second-order valence-corrected chi connectivity index (χ2v) is 5.83. The van der Waals surface area contributed by atoms with E-state index in [0.717, 1.165) is 16.9 Å². The van der Waals surface area contributed by atoms with Crippen LogP contribution < -0.4 is 15.5 Å². The Morgan fingerprint density at radius 3 is 2.39 bits per heavy atom. The van der Waals surface area contributed by atoms with E-state index in [1.165, 1.54) is 0 Å². The molecular formula is C21H25N3O4. The van der Waals surface area contributed by atoms with Crippen molar-refractivity contribution in [2.24, 2.45) is 5.10 Å². The van der Waals surface area contributed by atoms with E-state index in [1.807, 2.05) is 61.5 Å². The van der Waals surface area contributed by atoms with Gasteiger partial charge in [0.15, 0.2) is 0 Å². The van der Waals surface area contributed by atoms with E-state index in [0.29, 0.717) is 6.61 Å². The number of amides is 2. The number of alkyl carbamates (subject to hydrolysis) is 1. The van der Waals surface area contributed by atoms with Crippen LogP contribution in [-0.4, -0.2) is 31.4 Å². The molecule has 2 aromatic rings. The lowest BCUT2D eigenvalue weighted by Crippen LogP contribution is -2.33. The zero-order chi connectivity index (χ0) is 20.2. The average molecular weight is 383 g/mol. The molecule has 2 N–H and O–H groups in total. The molecule has 2 amide bonds. The third kappa shape index (κ3) is 7.11. The third-order valence-corrected chi connectivity index (χ3v) is 3.75. The number of carbonyl (C=O) groups is 2. The van der Waals surface area contributed by atoms with Gasteiger partial charge >= 0.3 is 6.09 Å². The highest BCUT2D eigenvalue weighted by Gasteiger charge is 2.18. The molecule has 2 rings (SSSR count). The monoisotopic (exact) mass is 383 g/mol. The SMILES string of the molecule is CCOC(=O)N[C@@H](CC(=O)N/N=C\c1ccc(OCC)cc1)c1ccccc1. The number of nitrogens with zero attached hydrogens (tertiary/aromatic N) is 1. The number of carbonyl (C=O) groups excluding carboxylic acids is 2. The Hall–Kier alpha value is -3.35. The van der Waals surface area contributed by atoms with E-state index in [-0.39, 0.29) is 18.9 Å². The summed E-state index contributed by atoms with van der Waals surface area (Å²) in [6.45, 7) is 4.50. The summed E-state index contributed by atoms with van der Waals surface area (Å²) >= 11 is 0. The molecule has 7 heteroatoms. The van der Waals surface area contributed by atoms with Gasteiger partial charge in [-0.2, -0.15) is 5.10 Å². The van der Waals surface area contributed by atoms with Crippen LogP contribution in [-0.2, 0) is 9.53 Å². The molecule has 0 heterocycles. The van der Waals surface area contributed by atoms with Crippen molar-refractivity contribution < 1.29 is 19.1 Å². The van der Waals surface area contributed by atoms with Crippen LogP contribution >= 0.6 is 0 Å². The molecule has 7 nitrogen and oxygen atoms in total. The highest BCUT2D eigenvalue weighted by atomic mass is 16.5. The predicted molar refractivity (Wildman–Crippen MR) is 107 cm³/mol. The van der Waals surface area contributed by atoms with Crippen LogP contribution in [0.2, 0.25) is 0 Å². The van der Waals surface area contributed by atoms with Crippen LogP contribution in [0, 0.1) is 0 Å². The first kappa shape index (κ1) is 21.0. The Bertz CT molecular complexity index is 776. The van der Waals surface area contributed by atoms with Crippen LogP contribution in [0.3, 0.4) is 0 Å². The van der Waals surface area contributed by atoms with E-state index in [1.54, 1.807) is 13.1 Å². The Morgan fingerprint density at radius 1 is 1.04 bits per heavy atom. The zero-order valence-electron chi connectivity index (χ0n) is 16.1. The van der Waals surface area contributed by atoms with Crippen molar-refractivity contribution in [3.8, 4) is 5.75 Å². The lowest BCUT2D eigenvalue weighted by molar-refractivity contribution is -0.121. The number of ether oxygens (including phenoxy) is 2. The molecule has 0 radical (unpaired) electrons. The number of hydrogen-bond donors (Lipinski definition) is 2. The van der Waals surface area contributed by atoms with Gasteiger partial charge in [0.1, 0.15) is 5.75 Å². The summed E-state index contributed by atoms with van der Waals surface area (Å²) in [4.78, 5) is 24.0. The molecule has 0 aliphatic carbocycles. The summed E-state index contributed by atoms with van der Waals surface area (Å²) in [5, 5.41) is 6.67. The lowest BCUT2D eigenvalue weighted by Gasteiger charge is -2.18. The third-order valence-electron chi connectivity index (χ3n) is 3.75. The van der Waals surface area contributed by atoms with Crippen LogP contribution in [0.25, 0.3) is 0 Å². The van der Waals surface area contributed by atoms with Crippen molar-refractivity contribution in [1.29, 1.82) is 0 Å². The molecule has 0 spiro atoms. The van der Waals surface area contributed by atoms with Gasteiger partial charge in [-0.25, -0.2) is 10.2 Å². The quantitative estimate of drug-likeness (QED) is 0.513. The first-order chi connectivity index (χ1) is 13.6. The van der Waals surface area contributed by atoms with Crippen molar-refractivity contribution in [2.45, 2.75) is 26.3 Å². The van der Waals surface area contributed by atoms with Gasteiger partial charge in [0.25, 0.3) is 0 Å². The minimum absolute atomic E-state index is 0.0312. The molecule has 0 unspecified atom stereocenters. The van der Waals surface area contributed by atoms with Crippen molar-refractivity contribution in [2.75, 3.05) is 13.2 Å². The maximum atomic E-state index is 12.3. The molecule has 2 aromatic carbocycles. The molecule has 0 aliphatic heterocycles. The molecule has 0 aromatic heterocycles. The van der Waals surface area contributed by atoms with Crippen molar-refractivity contribution in [3.63, 3.8) is 0 Å². The summed E-state index contributed by atoms with van der Waals surface area (Å²) in [6, 6.07) is 16.1. The Labute approximate surface area is 164 Å². The van der Waals surface area contributed by atoms with Gasteiger partial charge in [-0.05, 0) is 49.2 Å². The Balaban J connectivity index is 1.94. The normalized spacial score (nSPS) is 11.6. The maximum Gasteiger partial charge on any atom is 0.407 e. The number of nitrogens with one attached hydrogen (secondary N) is 2. The van der Waals surface area contributed by atoms with Gasteiger partial charge < -0.3 is 14.8 Å². The largest absolute Gasteiger partial charge is 0.494 e. The first-order valence-electron chi connectivity index (χ1n) is 9.15. The second-order valence-electron chi connectivity index (χ2n) is 5.83. The maximum absolute atomic E-state index is 12.3. The number of rotatable bonds is 9. The average Bonchev–Trinajstić information content (AvgIpc) is 2.70. The topological polar surface area (TPSA) is 89.0 Å². The fraction of sp³-hybridized carbons (Fsp3) is 0.286. The highest BCUT2D eigenvalue weighted by molar-refractivity contribution is 5.83. The summed E-state index contributed by atoms with van der Waals surface area (Å²) in [7, 11) is 0. The van der Waals surface area contributed by atoms with E-state index in [4.69, 9.17) is 9.47 Å². The van der Waals surface area contributed by atoms with Gasteiger partial charge in [-0.3, -0.25) is 4.79 Å². The molecule has 0 bridgehead atoms. The van der Waals surface area contributed by atoms with Crippen LogP contribution in [0.4, 0.5) is 4.79 Å². The number of benzene rings is 2. The van der Waals surface area contributed by atoms with Gasteiger partial charge in [0, 0.05) is 0 Å². The van der Waals surface area contributed by atoms with E-state index >= 15 is 0 Å². The fourth-order valence-corrected chi connectivity index (χ4v) is 2.48. The van der Waals surface area contributed by atoms with Crippen LogP contribution in [0.5, 0.6) is 5.75 Å². The van der Waals surface area contributed by atoms with Gasteiger partial charge in [-0.15, -0.1) is 0 Å². The molecule has 0 aliphatic rings. The summed E-state index contributed by atoms with van der Waals surface area (Å²) in [5.41, 5.74) is 4.12. The smallest absolute Gasteiger partial charge is 0.407 e. The van der Waals surface area contributed by atoms with Gasteiger partial charge in [0.2, 0.25) is 5.91 Å². The zero-order valence-corrected chi connectivity index (χ0v) is 16.1. The number of hydrazone groups is 1. The highest BCUT2D eigenvalue weighted by Crippen LogP contribution is 2.16. The molecule has 0 saturated carbocycles. The minimum Gasteiger partial charge on any atom is -0.494 e. The second kappa shape index (κ2) is 11.4. The predicted octanol–water partition coefficient (Wildman–Crippen LogP) is 3.41. The Morgan fingerprint density at radius 2 is 1.75 bits per heavy atom. The first-order valence-corrected chi connectivity index (χ1v) is 9.15. The molecule has 28 heavy (non-hydrogen) atoms. The standard InChI is InChI=1S/C21H25N3O4/c1-3-27-18-12-10-16(11-13-18)15-22-24-20(25)14-19(23-21(26)28-4-2)17-8-6-5-7-9-17/h5-13,15,19H,3-4,14H2,1-2H3,(H,23,26)(H,24,25)/b22-15-/t19-/m0/s1. The fourth-order valence-electron chi connectivity index (χ4n) is 2.48. The molecule has 1 atom stereocenters. The summed E-state index contributed by atoms with van der Waals surface area (Å²) < 4.78 is 10.3. The van der Waals surface area contributed by atoms with Crippen molar-refractivity contribution >= 4 is 18.2 Å². The van der Waals surface area contributed by atoms with E-state index in [2.05, 4.69) is 15.8 Å². The number of hydrogen-bond acceptors (Lipinski definition) is 5. The van der Waals surface area contributed by atoms with Gasteiger partial charge in [-0.1, -0.05) is 30.3 Å². The van der Waals surface area contributed by atoms with Crippen molar-refractivity contribution in [1.82, 2.24) is 10.7 Å².